The maximum Gasteiger partial charge on any atom is 0.149 e. The minimum absolute atomic E-state index is 0.274. The van der Waals surface area contributed by atoms with Gasteiger partial charge in [-0.15, -0.1) is 11.3 Å². The minimum atomic E-state index is -0.431. The molecule has 9 rings (SSSR count). The van der Waals surface area contributed by atoms with Crippen LogP contribution in [0.3, 0.4) is 0 Å². The van der Waals surface area contributed by atoms with E-state index in [1.807, 2.05) is 35.8 Å². The number of hydrogen-bond donors (Lipinski definition) is 1. The fraction of sp³-hybridized carbons (Fsp3) is 0.113. The molecule has 0 saturated heterocycles. The van der Waals surface area contributed by atoms with E-state index in [1.54, 1.807) is 0 Å². The van der Waals surface area contributed by atoms with Gasteiger partial charge in [0.15, 0.2) is 0 Å². The number of thiophene rings is 1. The molecule has 4 nitrogen and oxygen atoms in total. The average molecular weight is 769 g/mol. The monoisotopic (exact) mass is 768 g/mol. The van der Waals surface area contributed by atoms with Crippen LogP contribution in [0.15, 0.2) is 198 Å². The lowest BCUT2D eigenvalue weighted by atomic mass is 9.82. The molecule has 2 unspecified atom stereocenters. The molecule has 0 bridgehead atoms. The van der Waals surface area contributed by atoms with Gasteiger partial charge in [-0.1, -0.05) is 159 Å². The highest BCUT2D eigenvalue weighted by atomic mass is 32.1. The molecule has 5 aromatic carbocycles. The fourth-order valence-corrected chi connectivity index (χ4v) is 9.42. The van der Waals surface area contributed by atoms with E-state index < -0.39 is 5.41 Å². The first-order valence-corrected chi connectivity index (χ1v) is 20.7. The summed E-state index contributed by atoms with van der Waals surface area (Å²) >= 11 is 1.87. The summed E-state index contributed by atoms with van der Waals surface area (Å²) in [6.45, 7) is 8.78. The van der Waals surface area contributed by atoms with Crippen molar-refractivity contribution in [2.24, 2.45) is 21.3 Å². The third-order valence-electron chi connectivity index (χ3n) is 11.2. The second-order valence-corrected chi connectivity index (χ2v) is 16.5. The first-order valence-electron chi connectivity index (χ1n) is 19.9. The summed E-state index contributed by atoms with van der Waals surface area (Å²) in [7, 11) is 0. The van der Waals surface area contributed by atoms with Crippen molar-refractivity contribution >= 4 is 66.3 Å². The molecule has 2 atom stereocenters. The molecule has 0 fully saturated rings. The van der Waals surface area contributed by atoms with Crippen molar-refractivity contribution in [2.75, 3.05) is 4.90 Å². The largest absolute Gasteiger partial charge is 0.317 e. The Morgan fingerprint density at radius 2 is 1.59 bits per heavy atom. The molecule has 5 heteroatoms. The highest BCUT2D eigenvalue weighted by molar-refractivity contribution is 7.26. The third-order valence-corrected chi connectivity index (χ3v) is 12.5. The summed E-state index contributed by atoms with van der Waals surface area (Å²) in [4.78, 5) is 12.2. The molecule has 1 aromatic heterocycles. The Bertz CT molecular complexity index is 2860. The lowest BCUT2D eigenvalue weighted by Gasteiger charge is -2.27. The molecule has 58 heavy (non-hydrogen) atoms. The van der Waals surface area contributed by atoms with Crippen molar-refractivity contribution < 1.29 is 0 Å². The summed E-state index contributed by atoms with van der Waals surface area (Å²) in [6, 6.07) is 39.2. The maximum atomic E-state index is 8.95. The first-order chi connectivity index (χ1) is 28.3. The molecule has 3 aliphatic rings. The zero-order chi connectivity index (χ0) is 39.6. The van der Waals surface area contributed by atoms with Crippen LogP contribution in [0.5, 0.6) is 0 Å². The summed E-state index contributed by atoms with van der Waals surface area (Å²) in [5.41, 5.74) is 10.4. The molecular formula is C53H44N4S. The number of fused-ring (bicyclic) bond motifs is 4. The number of aliphatic imine (C=N–C) groups is 2. The Morgan fingerprint density at radius 1 is 0.810 bits per heavy atom. The number of anilines is 2. The van der Waals surface area contributed by atoms with E-state index in [-0.39, 0.29) is 5.84 Å². The average Bonchev–Trinajstić information content (AvgIpc) is 3.64. The maximum absolute atomic E-state index is 8.95. The van der Waals surface area contributed by atoms with Gasteiger partial charge in [-0.25, -0.2) is 9.98 Å². The van der Waals surface area contributed by atoms with E-state index in [1.165, 1.54) is 36.9 Å². The van der Waals surface area contributed by atoms with Gasteiger partial charge in [0.1, 0.15) is 11.7 Å². The van der Waals surface area contributed by atoms with Crippen LogP contribution >= 0.6 is 11.3 Å². The molecular weight excluding hydrogens is 725 g/mol. The minimum Gasteiger partial charge on any atom is -0.317 e. The van der Waals surface area contributed by atoms with Gasteiger partial charge in [-0.3, -0.25) is 5.41 Å². The van der Waals surface area contributed by atoms with Gasteiger partial charge in [0.05, 0.1) is 5.69 Å². The van der Waals surface area contributed by atoms with Gasteiger partial charge >= 0.3 is 0 Å². The summed E-state index contributed by atoms with van der Waals surface area (Å²) in [6.07, 6.45) is 26.4. The third kappa shape index (κ3) is 7.21. The number of rotatable bonds is 6. The molecule has 0 radical (unpaired) electrons. The van der Waals surface area contributed by atoms with Crippen molar-refractivity contribution in [2.45, 2.75) is 26.7 Å². The van der Waals surface area contributed by atoms with Crippen LogP contribution < -0.4 is 4.90 Å². The van der Waals surface area contributed by atoms with Crippen LogP contribution in [0, 0.1) is 16.7 Å². The van der Waals surface area contributed by atoms with Gasteiger partial charge in [0.2, 0.25) is 0 Å². The zero-order valence-electron chi connectivity index (χ0n) is 32.8. The highest BCUT2D eigenvalue weighted by Crippen LogP contribution is 2.45. The molecule has 6 aromatic rings. The summed E-state index contributed by atoms with van der Waals surface area (Å²) < 4.78 is 2.58. The standard InChI is InChI=1S/C53H44N4S/c1-36-16-12-21-41(32-36)51(54)56-52(53(3)29-9-5-10-30-53)55-35-38-18-13-22-42(33-38)57-31-11-8-17-37(2)43-28-27-40(34-48(43)57)45-24-15-26-47-46-25-14-23-44(49(46)58-50(45)47)39-19-6-4-7-20-39/h4-29,31,33-36,54H,2,30,32H2,1,3H3/b17-8-,31-11-,54-51?,55-35+,56-52-. The van der Waals surface area contributed by atoms with Gasteiger partial charge in [0.25, 0.3) is 0 Å². The normalized spacial score (nSPS) is 20.3. The van der Waals surface area contributed by atoms with Crippen molar-refractivity contribution in [3.05, 3.63) is 199 Å². The lowest BCUT2D eigenvalue weighted by Crippen LogP contribution is -2.26. The number of hydrogen-bond acceptors (Lipinski definition) is 3. The molecule has 282 valence electrons. The predicted molar refractivity (Wildman–Crippen MR) is 251 cm³/mol. The lowest BCUT2D eigenvalue weighted by molar-refractivity contribution is 0.596. The van der Waals surface area contributed by atoms with Gasteiger partial charge in [0, 0.05) is 49.3 Å². The number of nitrogens with zero attached hydrogens (tertiary/aromatic N) is 3. The molecule has 2 heterocycles. The first kappa shape index (κ1) is 36.9. The highest BCUT2D eigenvalue weighted by Gasteiger charge is 2.29. The van der Waals surface area contributed by atoms with Crippen LogP contribution in [-0.2, 0) is 0 Å². The SMILES string of the molecule is C=C1/C=C\C=C/N(c2cccc(/C=N/C(=N\C(=N)C3=CC=CC(C)C3)C3(C)C=CC=CC3)c2)c2cc(-c3cccc4c3sc3c(-c5ccccc5)cccc34)ccc21. The topological polar surface area (TPSA) is 51.8 Å². The molecule has 1 aliphatic heterocycles. The second-order valence-electron chi connectivity index (χ2n) is 15.5. The van der Waals surface area contributed by atoms with Crippen LogP contribution in [0.4, 0.5) is 11.4 Å². The van der Waals surface area contributed by atoms with E-state index in [4.69, 9.17) is 15.4 Å². The molecule has 0 spiro atoms. The van der Waals surface area contributed by atoms with Crippen molar-refractivity contribution in [1.82, 2.24) is 0 Å². The fourth-order valence-electron chi connectivity index (χ4n) is 8.05. The van der Waals surface area contributed by atoms with E-state index in [9.17, 15) is 0 Å². The van der Waals surface area contributed by atoms with Crippen molar-refractivity contribution in [3.8, 4) is 22.3 Å². The van der Waals surface area contributed by atoms with E-state index in [0.717, 1.165) is 52.1 Å². The smallest absolute Gasteiger partial charge is 0.149 e. The van der Waals surface area contributed by atoms with E-state index in [2.05, 4.69) is 183 Å². The second kappa shape index (κ2) is 15.7. The van der Waals surface area contributed by atoms with Crippen LogP contribution in [0.2, 0.25) is 0 Å². The summed E-state index contributed by atoms with van der Waals surface area (Å²) in [5.74, 6) is 1.28. The quantitative estimate of drug-likeness (QED) is 0.133. The van der Waals surface area contributed by atoms with Crippen LogP contribution in [0.1, 0.15) is 37.8 Å². The van der Waals surface area contributed by atoms with Gasteiger partial charge in [-0.2, -0.15) is 0 Å². The number of benzene rings is 5. The van der Waals surface area contributed by atoms with Crippen LogP contribution in [0.25, 0.3) is 48.0 Å². The Morgan fingerprint density at radius 3 is 2.34 bits per heavy atom. The van der Waals surface area contributed by atoms with Crippen LogP contribution in [-0.4, -0.2) is 17.9 Å². The molecule has 0 saturated carbocycles. The zero-order valence-corrected chi connectivity index (χ0v) is 33.6. The number of allylic oxidation sites excluding steroid dienone is 10. The molecule has 2 aliphatic carbocycles. The van der Waals surface area contributed by atoms with E-state index >= 15 is 0 Å². The Labute approximate surface area is 344 Å². The number of amidine groups is 2. The van der Waals surface area contributed by atoms with E-state index in [0.29, 0.717) is 11.8 Å². The van der Waals surface area contributed by atoms with Crippen molar-refractivity contribution in [1.29, 1.82) is 5.41 Å². The van der Waals surface area contributed by atoms with Gasteiger partial charge in [-0.05, 0) is 88.9 Å². The van der Waals surface area contributed by atoms with Crippen molar-refractivity contribution in [3.63, 3.8) is 0 Å². The Kier molecular flexibility index (Phi) is 9.98. The Hall–Kier alpha value is -6.69. The Balaban J connectivity index is 1.10. The molecule has 0 amide bonds. The number of nitrogens with one attached hydrogen (secondary N) is 1. The summed E-state index contributed by atoms with van der Waals surface area (Å²) in [5, 5.41) is 11.5. The van der Waals surface area contributed by atoms with Gasteiger partial charge < -0.3 is 4.90 Å². The molecule has 1 N–H and O–H groups in total. The predicted octanol–water partition coefficient (Wildman–Crippen LogP) is 14.5.